The van der Waals surface area contributed by atoms with Crippen molar-refractivity contribution in [2.24, 2.45) is 7.05 Å². The van der Waals surface area contributed by atoms with Crippen molar-refractivity contribution in [1.82, 2.24) is 39.7 Å². The predicted octanol–water partition coefficient (Wildman–Crippen LogP) is 2.31. The number of nitrogens with zero attached hydrogens (tertiary/aromatic N) is 8. The highest BCUT2D eigenvalue weighted by Crippen LogP contribution is 2.33. The highest BCUT2D eigenvalue weighted by molar-refractivity contribution is 5.56. The van der Waals surface area contributed by atoms with Crippen LogP contribution < -0.4 is 4.74 Å². The summed E-state index contributed by atoms with van der Waals surface area (Å²) in [4.78, 5) is 4.11. The van der Waals surface area contributed by atoms with Gasteiger partial charge in [-0.1, -0.05) is 25.9 Å². The second-order valence-electron chi connectivity index (χ2n) is 7.03. The first-order valence-electron chi connectivity index (χ1n) is 8.05. The van der Waals surface area contributed by atoms with Crippen LogP contribution in [0.25, 0.3) is 17.2 Å². The van der Waals surface area contributed by atoms with Gasteiger partial charge in [-0.2, -0.15) is 9.50 Å². The van der Waals surface area contributed by atoms with Crippen LogP contribution in [0.5, 0.6) is 11.9 Å². The maximum absolute atomic E-state index is 5.86. The van der Waals surface area contributed by atoms with Gasteiger partial charge in [0.2, 0.25) is 11.7 Å². The molecule has 4 rings (SSSR count). The number of ether oxygens (including phenoxy) is 1. The van der Waals surface area contributed by atoms with Crippen molar-refractivity contribution >= 4 is 5.65 Å². The van der Waals surface area contributed by atoms with E-state index in [-0.39, 0.29) is 11.4 Å². The molecule has 0 unspecified atom stereocenters. The predicted molar refractivity (Wildman–Crippen MR) is 90.8 cm³/mol. The van der Waals surface area contributed by atoms with Crippen LogP contribution in [-0.2, 0) is 12.5 Å². The SMILES string of the molecule is Cc1cc(-c2nnc3cc(C(C)(C)C)c(Oc4ncn(C)n4)nn23)no1. The molecule has 0 saturated heterocycles. The van der Waals surface area contributed by atoms with E-state index in [1.54, 1.807) is 28.6 Å². The molecule has 0 aliphatic heterocycles. The normalized spacial score (nSPS) is 12.0. The molecule has 0 saturated carbocycles. The molecule has 134 valence electrons. The van der Waals surface area contributed by atoms with E-state index in [1.165, 1.54) is 0 Å². The summed E-state index contributed by atoms with van der Waals surface area (Å²) in [7, 11) is 1.77. The van der Waals surface area contributed by atoms with Crippen molar-refractivity contribution in [1.29, 1.82) is 0 Å². The average molecular weight is 354 g/mol. The Balaban J connectivity index is 1.88. The molecule has 0 aliphatic rings. The minimum atomic E-state index is -0.227. The van der Waals surface area contributed by atoms with E-state index in [1.807, 2.05) is 13.0 Å². The zero-order valence-electron chi connectivity index (χ0n) is 15.1. The lowest BCUT2D eigenvalue weighted by Gasteiger charge is -2.20. The standard InChI is InChI=1S/C16H18N8O2/c1-9-6-11(22-26-9)13-19-18-12-7-10(16(2,3)4)14(20-24(12)13)25-15-17-8-23(5)21-15/h6-8H,1-5H3. The van der Waals surface area contributed by atoms with Crippen molar-refractivity contribution in [2.45, 2.75) is 33.1 Å². The van der Waals surface area contributed by atoms with Crippen molar-refractivity contribution in [3.8, 4) is 23.4 Å². The van der Waals surface area contributed by atoms with E-state index < -0.39 is 0 Å². The minimum Gasteiger partial charge on any atom is -0.402 e. The number of aromatic nitrogens is 8. The third kappa shape index (κ3) is 2.79. The Bertz CT molecular complexity index is 1090. The minimum absolute atomic E-state index is 0.219. The Kier molecular flexibility index (Phi) is 3.49. The fourth-order valence-electron chi connectivity index (χ4n) is 2.51. The highest BCUT2D eigenvalue weighted by atomic mass is 16.5. The summed E-state index contributed by atoms with van der Waals surface area (Å²) in [6.45, 7) is 8.01. The Hall–Kier alpha value is -3.30. The molecule has 4 aromatic heterocycles. The van der Waals surface area contributed by atoms with Crippen LogP contribution in [0.4, 0.5) is 0 Å². The number of hydrogen-bond acceptors (Lipinski definition) is 8. The lowest BCUT2D eigenvalue weighted by Crippen LogP contribution is -2.15. The van der Waals surface area contributed by atoms with Gasteiger partial charge in [-0.05, 0) is 18.4 Å². The van der Waals surface area contributed by atoms with Gasteiger partial charge in [-0.3, -0.25) is 4.68 Å². The van der Waals surface area contributed by atoms with Crippen molar-refractivity contribution in [3.05, 3.63) is 29.8 Å². The lowest BCUT2D eigenvalue weighted by molar-refractivity contribution is 0.394. The van der Waals surface area contributed by atoms with E-state index in [2.05, 4.69) is 51.3 Å². The molecule has 26 heavy (non-hydrogen) atoms. The van der Waals surface area contributed by atoms with Gasteiger partial charge in [-0.15, -0.1) is 20.4 Å². The van der Waals surface area contributed by atoms with Gasteiger partial charge in [0.25, 0.3) is 0 Å². The largest absolute Gasteiger partial charge is 0.402 e. The summed E-state index contributed by atoms with van der Waals surface area (Å²) in [6, 6.07) is 3.89. The molecule has 10 nitrogen and oxygen atoms in total. The van der Waals surface area contributed by atoms with Crippen LogP contribution in [0.1, 0.15) is 32.1 Å². The Morgan fingerprint density at radius 1 is 1.12 bits per heavy atom. The van der Waals surface area contributed by atoms with Gasteiger partial charge in [0, 0.05) is 18.7 Å². The van der Waals surface area contributed by atoms with Crippen LogP contribution in [0.2, 0.25) is 0 Å². The molecule has 0 amide bonds. The van der Waals surface area contributed by atoms with Gasteiger partial charge >= 0.3 is 6.01 Å². The van der Waals surface area contributed by atoms with Crippen molar-refractivity contribution in [2.75, 3.05) is 0 Å². The molecule has 0 aliphatic carbocycles. The first-order valence-corrected chi connectivity index (χ1v) is 8.05. The van der Waals surface area contributed by atoms with Gasteiger partial charge < -0.3 is 9.26 Å². The summed E-state index contributed by atoms with van der Waals surface area (Å²) in [6.07, 6.45) is 1.56. The fraction of sp³-hybridized carbons (Fsp3) is 0.375. The second kappa shape index (κ2) is 5.61. The maximum Gasteiger partial charge on any atom is 0.342 e. The monoisotopic (exact) mass is 354 g/mol. The lowest BCUT2D eigenvalue weighted by atomic mass is 9.88. The molecule has 4 heterocycles. The molecule has 0 atom stereocenters. The van der Waals surface area contributed by atoms with E-state index in [4.69, 9.17) is 9.26 Å². The van der Waals surface area contributed by atoms with Crippen molar-refractivity contribution < 1.29 is 9.26 Å². The summed E-state index contributed by atoms with van der Waals surface area (Å²) in [5, 5.41) is 21.1. The van der Waals surface area contributed by atoms with Crippen LogP contribution in [0.15, 0.2) is 23.0 Å². The number of aryl methyl sites for hydroxylation is 2. The number of rotatable bonds is 3. The molecule has 0 aromatic carbocycles. The number of fused-ring (bicyclic) bond motifs is 1. The fourth-order valence-corrected chi connectivity index (χ4v) is 2.51. The molecule has 0 N–H and O–H groups in total. The summed E-state index contributed by atoms with van der Waals surface area (Å²) < 4.78 is 14.1. The molecule has 0 radical (unpaired) electrons. The zero-order valence-corrected chi connectivity index (χ0v) is 15.1. The zero-order chi connectivity index (χ0) is 18.5. The molecule has 0 fully saturated rings. The first-order chi connectivity index (χ1) is 12.3. The van der Waals surface area contributed by atoms with Gasteiger partial charge in [0.15, 0.2) is 11.3 Å². The molecule has 0 bridgehead atoms. The molecule has 10 heteroatoms. The van der Waals surface area contributed by atoms with E-state index in [0.29, 0.717) is 28.8 Å². The summed E-state index contributed by atoms with van der Waals surface area (Å²) in [5.41, 5.74) is 1.78. The quantitative estimate of drug-likeness (QED) is 0.551. The van der Waals surface area contributed by atoms with Crippen molar-refractivity contribution in [3.63, 3.8) is 0 Å². The van der Waals surface area contributed by atoms with Crippen LogP contribution in [-0.4, -0.2) is 39.7 Å². The van der Waals surface area contributed by atoms with Crippen LogP contribution >= 0.6 is 0 Å². The average Bonchev–Trinajstić information content (AvgIpc) is 3.26. The van der Waals surface area contributed by atoms with E-state index in [0.717, 1.165) is 5.56 Å². The Morgan fingerprint density at radius 2 is 1.92 bits per heavy atom. The first kappa shape index (κ1) is 16.2. The Morgan fingerprint density at radius 3 is 2.54 bits per heavy atom. The van der Waals surface area contributed by atoms with Crippen LogP contribution in [0, 0.1) is 6.92 Å². The summed E-state index contributed by atoms with van der Waals surface area (Å²) in [5.74, 6) is 1.53. The highest BCUT2D eigenvalue weighted by Gasteiger charge is 2.25. The molecular formula is C16H18N8O2. The number of hydrogen-bond donors (Lipinski definition) is 0. The third-order valence-electron chi connectivity index (χ3n) is 3.79. The Labute approximate surface area is 148 Å². The third-order valence-corrected chi connectivity index (χ3v) is 3.79. The van der Waals surface area contributed by atoms with E-state index >= 15 is 0 Å². The van der Waals surface area contributed by atoms with Gasteiger partial charge in [0.1, 0.15) is 12.1 Å². The van der Waals surface area contributed by atoms with E-state index in [9.17, 15) is 0 Å². The molecule has 0 spiro atoms. The molecular weight excluding hydrogens is 336 g/mol. The topological polar surface area (TPSA) is 109 Å². The van der Waals surface area contributed by atoms with Gasteiger partial charge in [-0.25, -0.2) is 0 Å². The summed E-state index contributed by atoms with van der Waals surface area (Å²) >= 11 is 0. The molecule has 4 aromatic rings. The smallest absolute Gasteiger partial charge is 0.342 e. The van der Waals surface area contributed by atoms with Crippen LogP contribution in [0.3, 0.4) is 0 Å². The second-order valence-corrected chi connectivity index (χ2v) is 7.03. The maximum atomic E-state index is 5.86. The van der Waals surface area contributed by atoms with Gasteiger partial charge in [0.05, 0.1) is 0 Å².